The molecule has 6 heteroatoms. The van der Waals surface area contributed by atoms with Crippen molar-refractivity contribution in [3.05, 3.63) is 69.4 Å². The van der Waals surface area contributed by atoms with Crippen LogP contribution in [0.3, 0.4) is 0 Å². The lowest BCUT2D eigenvalue weighted by Crippen LogP contribution is -2.44. The molecular weight excluding hydrogens is 335 g/mol. The molecule has 0 atom stereocenters. The van der Waals surface area contributed by atoms with Crippen molar-refractivity contribution < 1.29 is 13.9 Å². The lowest BCUT2D eigenvalue weighted by atomic mass is 9.74. The molecule has 3 rings (SSSR count). The Morgan fingerprint density at radius 3 is 2.73 bits per heavy atom. The van der Waals surface area contributed by atoms with Crippen LogP contribution < -0.4 is 10.9 Å². The Hall–Kier alpha value is -2.47. The fraction of sp³-hybridized carbons (Fsp3) is 0.400. The van der Waals surface area contributed by atoms with E-state index in [-0.39, 0.29) is 22.7 Å². The molecule has 26 heavy (non-hydrogen) atoms. The average molecular weight is 358 g/mol. The minimum atomic E-state index is -0.370. The van der Waals surface area contributed by atoms with Crippen molar-refractivity contribution >= 4 is 5.91 Å². The van der Waals surface area contributed by atoms with E-state index in [1.807, 2.05) is 13.0 Å². The number of pyridine rings is 1. The second kappa shape index (κ2) is 7.83. The highest BCUT2D eigenvalue weighted by Crippen LogP contribution is 2.34. The number of ether oxygens (including phenoxy) is 1. The van der Waals surface area contributed by atoms with Gasteiger partial charge in [0, 0.05) is 42.5 Å². The average Bonchev–Trinajstić information content (AvgIpc) is 2.66. The fourth-order valence-electron chi connectivity index (χ4n) is 3.42. The van der Waals surface area contributed by atoms with Crippen molar-refractivity contribution in [2.45, 2.75) is 31.6 Å². The van der Waals surface area contributed by atoms with Crippen LogP contribution in [0.2, 0.25) is 0 Å². The number of aromatic amines is 1. The smallest absolute Gasteiger partial charge is 0.251 e. The van der Waals surface area contributed by atoms with E-state index >= 15 is 0 Å². The van der Waals surface area contributed by atoms with Crippen LogP contribution in [0.1, 0.15) is 41.4 Å². The number of H-pyrrole nitrogens is 1. The van der Waals surface area contributed by atoms with Gasteiger partial charge in [0.15, 0.2) is 0 Å². The summed E-state index contributed by atoms with van der Waals surface area (Å²) in [5.41, 5.74) is 1.26. The minimum Gasteiger partial charge on any atom is -0.381 e. The first-order valence-electron chi connectivity index (χ1n) is 8.88. The van der Waals surface area contributed by atoms with Crippen LogP contribution in [0, 0.1) is 5.82 Å². The lowest BCUT2D eigenvalue weighted by molar-refractivity contribution is 0.0486. The van der Waals surface area contributed by atoms with Crippen LogP contribution >= 0.6 is 0 Å². The van der Waals surface area contributed by atoms with E-state index in [9.17, 15) is 14.0 Å². The molecule has 1 aromatic carbocycles. The van der Waals surface area contributed by atoms with Gasteiger partial charge in [0.25, 0.3) is 5.91 Å². The summed E-state index contributed by atoms with van der Waals surface area (Å²) < 4.78 is 19.2. The van der Waals surface area contributed by atoms with Crippen LogP contribution in [0.25, 0.3) is 0 Å². The maximum atomic E-state index is 13.7. The Kier molecular flexibility index (Phi) is 5.52. The summed E-state index contributed by atoms with van der Waals surface area (Å²) in [6.07, 6.45) is 2.04. The molecule has 1 saturated heterocycles. The molecule has 1 aliphatic rings. The summed E-state index contributed by atoms with van der Waals surface area (Å²) in [5, 5.41) is 2.94. The van der Waals surface area contributed by atoms with Crippen molar-refractivity contribution in [2.75, 3.05) is 19.8 Å². The van der Waals surface area contributed by atoms with E-state index in [0.29, 0.717) is 50.3 Å². The van der Waals surface area contributed by atoms with Gasteiger partial charge < -0.3 is 15.0 Å². The number of aryl methyl sites for hydroxylation is 1. The first kappa shape index (κ1) is 18.3. The standard InChI is InChI=1S/C20H23FN2O3/c1-2-17-10-14(11-18(24)23-17)19(25)22-13-20(6-8-26-9-7-20)15-4-3-5-16(21)12-15/h3-5,10-12H,2,6-9,13H2,1H3,(H,22,25)(H,23,24). The fourth-order valence-corrected chi connectivity index (χ4v) is 3.42. The quantitative estimate of drug-likeness (QED) is 0.863. The molecule has 0 aliphatic carbocycles. The Bertz CT molecular complexity index is 841. The van der Waals surface area contributed by atoms with Gasteiger partial charge in [0.2, 0.25) is 5.56 Å². The van der Waals surface area contributed by atoms with E-state index in [1.54, 1.807) is 12.1 Å². The van der Waals surface area contributed by atoms with Crippen LogP contribution in [0.15, 0.2) is 41.2 Å². The third-order valence-electron chi connectivity index (χ3n) is 5.02. The van der Waals surface area contributed by atoms with Gasteiger partial charge in [-0.15, -0.1) is 0 Å². The third kappa shape index (κ3) is 4.02. The number of hydrogen-bond acceptors (Lipinski definition) is 3. The summed E-state index contributed by atoms with van der Waals surface area (Å²) >= 11 is 0. The molecule has 5 nitrogen and oxygen atoms in total. The van der Waals surface area contributed by atoms with Crippen LogP contribution in [-0.2, 0) is 16.6 Å². The number of carbonyl (C=O) groups is 1. The highest BCUT2D eigenvalue weighted by Gasteiger charge is 2.35. The van der Waals surface area contributed by atoms with Gasteiger partial charge in [-0.3, -0.25) is 9.59 Å². The maximum Gasteiger partial charge on any atom is 0.251 e. The molecule has 1 fully saturated rings. The Labute approximate surface area is 151 Å². The molecule has 2 heterocycles. The van der Waals surface area contributed by atoms with Crippen LogP contribution in [0.4, 0.5) is 4.39 Å². The van der Waals surface area contributed by atoms with Crippen molar-refractivity contribution in [1.29, 1.82) is 0 Å². The zero-order valence-electron chi connectivity index (χ0n) is 14.8. The van der Waals surface area contributed by atoms with Gasteiger partial charge in [0.05, 0.1) is 0 Å². The molecule has 2 N–H and O–H groups in total. The first-order chi connectivity index (χ1) is 12.5. The summed E-state index contributed by atoms with van der Waals surface area (Å²) in [5.74, 6) is -0.588. The monoisotopic (exact) mass is 358 g/mol. The highest BCUT2D eigenvalue weighted by molar-refractivity contribution is 5.94. The van der Waals surface area contributed by atoms with E-state index in [2.05, 4.69) is 10.3 Å². The number of nitrogens with one attached hydrogen (secondary N) is 2. The maximum absolute atomic E-state index is 13.7. The van der Waals surface area contributed by atoms with Gasteiger partial charge >= 0.3 is 0 Å². The van der Waals surface area contributed by atoms with Crippen molar-refractivity contribution in [1.82, 2.24) is 10.3 Å². The van der Waals surface area contributed by atoms with Crippen molar-refractivity contribution in [3.8, 4) is 0 Å². The molecular formula is C20H23FN2O3. The third-order valence-corrected chi connectivity index (χ3v) is 5.02. The predicted octanol–water partition coefficient (Wildman–Crippen LogP) is 2.55. The van der Waals surface area contributed by atoms with E-state index in [1.165, 1.54) is 18.2 Å². The number of hydrogen-bond donors (Lipinski definition) is 2. The molecule has 0 bridgehead atoms. The molecule has 0 unspecified atom stereocenters. The topological polar surface area (TPSA) is 71.2 Å². The van der Waals surface area contributed by atoms with E-state index in [4.69, 9.17) is 4.74 Å². The molecule has 1 aliphatic heterocycles. The second-order valence-corrected chi connectivity index (χ2v) is 6.70. The van der Waals surface area contributed by atoms with Gasteiger partial charge in [-0.2, -0.15) is 0 Å². The Morgan fingerprint density at radius 1 is 1.27 bits per heavy atom. The molecule has 2 aromatic rings. The Balaban J connectivity index is 1.81. The zero-order chi connectivity index (χ0) is 18.6. The summed E-state index contributed by atoms with van der Waals surface area (Å²) in [6.45, 7) is 3.41. The summed E-state index contributed by atoms with van der Waals surface area (Å²) in [7, 11) is 0. The number of aromatic nitrogens is 1. The lowest BCUT2D eigenvalue weighted by Gasteiger charge is -2.38. The Morgan fingerprint density at radius 2 is 2.04 bits per heavy atom. The molecule has 0 radical (unpaired) electrons. The van der Waals surface area contributed by atoms with Crippen molar-refractivity contribution in [2.24, 2.45) is 0 Å². The minimum absolute atomic E-state index is 0.290. The van der Waals surface area contributed by atoms with Crippen LogP contribution in [-0.4, -0.2) is 30.6 Å². The number of carbonyl (C=O) groups excluding carboxylic acids is 1. The first-order valence-corrected chi connectivity index (χ1v) is 8.88. The van der Waals surface area contributed by atoms with Gasteiger partial charge in [-0.1, -0.05) is 19.1 Å². The second-order valence-electron chi connectivity index (χ2n) is 6.70. The zero-order valence-corrected chi connectivity index (χ0v) is 14.8. The summed E-state index contributed by atoms with van der Waals surface area (Å²) in [6, 6.07) is 9.51. The SMILES string of the molecule is CCc1cc(C(=O)NCC2(c3cccc(F)c3)CCOCC2)cc(=O)[nH]1. The number of halogens is 1. The van der Waals surface area contributed by atoms with E-state index < -0.39 is 0 Å². The van der Waals surface area contributed by atoms with E-state index in [0.717, 1.165) is 5.56 Å². The number of benzene rings is 1. The molecule has 1 aromatic heterocycles. The highest BCUT2D eigenvalue weighted by atomic mass is 19.1. The summed E-state index contributed by atoms with van der Waals surface area (Å²) in [4.78, 5) is 27.0. The predicted molar refractivity (Wildman–Crippen MR) is 96.9 cm³/mol. The van der Waals surface area contributed by atoms with Gasteiger partial charge in [-0.05, 0) is 43.0 Å². The number of rotatable bonds is 5. The molecule has 1 amide bonds. The van der Waals surface area contributed by atoms with Gasteiger partial charge in [-0.25, -0.2) is 4.39 Å². The normalized spacial score (nSPS) is 16.2. The molecule has 0 spiro atoms. The van der Waals surface area contributed by atoms with Crippen LogP contribution in [0.5, 0.6) is 0 Å². The van der Waals surface area contributed by atoms with Crippen molar-refractivity contribution in [3.63, 3.8) is 0 Å². The van der Waals surface area contributed by atoms with Gasteiger partial charge in [0.1, 0.15) is 5.82 Å². The molecule has 138 valence electrons. The molecule has 0 saturated carbocycles. The largest absolute Gasteiger partial charge is 0.381 e. The number of amides is 1.